The first-order valence-corrected chi connectivity index (χ1v) is 25.2. The monoisotopic (exact) mass is 1040 g/mol. The Morgan fingerprint density at radius 2 is 0.800 bits per heavy atom. The Morgan fingerprint density at radius 1 is 0.467 bits per heavy atom. The molecule has 18 heteroatoms. The van der Waals surface area contributed by atoms with Crippen molar-refractivity contribution in [3.63, 3.8) is 0 Å². The Balaban J connectivity index is 1.10. The average molecular weight is 1050 g/mol. The molecule has 0 amide bonds. The van der Waals surface area contributed by atoms with Crippen LogP contribution in [0.1, 0.15) is 78.6 Å². The van der Waals surface area contributed by atoms with E-state index in [1.165, 1.54) is 13.8 Å². The van der Waals surface area contributed by atoms with Gasteiger partial charge in [0.15, 0.2) is 46.0 Å². The summed E-state index contributed by atoms with van der Waals surface area (Å²) >= 11 is 0. The molecule has 4 aromatic rings. The van der Waals surface area contributed by atoms with Crippen molar-refractivity contribution in [1.29, 1.82) is 0 Å². The van der Waals surface area contributed by atoms with Crippen LogP contribution in [0.25, 0.3) is 0 Å². The smallest absolute Gasteiger partial charge is 0.353 e. The van der Waals surface area contributed by atoms with E-state index in [2.05, 4.69) is 14.1 Å². The average Bonchev–Trinajstić information content (AvgIpc) is 3.40. The molecule has 2 aliphatic rings. The van der Waals surface area contributed by atoms with Crippen molar-refractivity contribution in [2.24, 2.45) is 0 Å². The van der Waals surface area contributed by atoms with Crippen LogP contribution in [0, 0.1) is 0 Å². The van der Waals surface area contributed by atoms with E-state index in [4.69, 9.17) is 56.8 Å². The number of esters is 4. The summed E-state index contributed by atoms with van der Waals surface area (Å²) in [7, 11) is 16.9. The van der Waals surface area contributed by atoms with E-state index in [1.54, 1.807) is 56.9 Å². The second-order valence-corrected chi connectivity index (χ2v) is 19.5. The number of hydrogen-bond acceptors (Lipinski definition) is 16. The number of nitrogens with zero attached hydrogens (tertiary/aromatic N) is 2. The summed E-state index contributed by atoms with van der Waals surface area (Å²) in [4.78, 5) is 52.8. The maximum Gasteiger partial charge on any atom is 0.353 e. The summed E-state index contributed by atoms with van der Waals surface area (Å²) in [6, 6.07) is 19.2. The summed E-state index contributed by atoms with van der Waals surface area (Å²) < 4.78 is 68.8. The number of unbranched alkanes of at least 4 members (excludes halogenated alkanes) is 2. The second-order valence-electron chi connectivity index (χ2n) is 19.5. The minimum Gasteiger partial charge on any atom is -0.493 e. The highest BCUT2D eigenvalue weighted by atomic mass is 16.6. The van der Waals surface area contributed by atoms with Crippen molar-refractivity contribution in [2.45, 2.75) is 83.1 Å². The Morgan fingerprint density at radius 3 is 1.13 bits per heavy atom. The SMILES string of the molecule is COc1ccc(CC2c3cc(OC)c(OC)cc3CC[N+]2(C)CC(OC(C)=O)C(=O)OCCCCCOC(=O)C(C[N+]2(C)CCc3cc(OC)c(OC)cc3C2Cc2ccc(OC)c(OC)c2)OC(C)=O)cc1OC. The molecule has 6 rings (SSSR count). The minimum absolute atomic E-state index is 0.0503. The van der Waals surface area contributed by atoms with Gasteiger partial charge in [0.2, 0.25) is 12.2 Å². The predicted molar refractivity (Wildman–Crippen MR) is 277 cm³/mol. The van der Waals surface area contributed by atoms with Gasteiger partial charge in [0.05, 0.1) is 97.3 Å². The molecule has 6 atom stereocenters. The molecule has 6 unspecified atom stereocenters. The number of benzene rings is 4. The first kappa shape index (κ1) is 57.4. The van der Waals surface area contributed by atoms with Crippen LogP contribution in [0.2, 0.25) is 0 Å². The number of carbonyl (C=O) groups is 4. The highest BCUT2D eigenvalue weighted by Gasteiger charge is 2.46. The number of rotatable bonds is 26. The Labute approximate surface area is 441 Å². The van der Waals surface area contributed by atoms with Gasteiger partial charge in [-0.15, -0.1) is 0 Å². The van der Waals surface area contributed by atoms with Crippen LogP contribution in [0.4, 0.5) is 0 Å². The molecule has 2 heterocycles. The van der Waals surface area contributed by atoms with Crippen LogP contribution in [0.5, 0.6) is 46.0 Å². The topological polar surface area (TPSA) is 179 Å². The zero-order valence-electron chi connectivity index (χ0n) is 45.7. The fourth-order valence-electron chi connectivity index (χ4n) is 10.6. The fraction of sp³-hybridized carbons (Fsp3) is 0.509. The molecule has 4 aromatic carbocycles. The Bertz CT molecular complexity index is 2460. The zero-order chi connectivity index (χ0) is 54.5. The molecule has 0 radical (unpaired) electrons. The lowest BCUT2D eigenvalue weighted by molar-refractivity contribution is -0.943. The first-order chi connectivity index (χ1) is 36.0. The normalized spacial score (nSPS) is 19.4. The van der Waals surface area contributed by atoms with E-state index >= 15 is 0 Å². The van der Waals surface area contributed by atoms with Gasteiger partial charge >= 0.3 is 23.9 Å². The zero-order valence-corrected chi connectivity index (χ0v) is 45.7. The van der Waals surface area contributed by atoms with Crippen LogP contribution in [0.3, 0.4) is 0 Å². The molecule has 408 valence electrons. The van der Waals surface area contributed by atoms with Gasteiger partial charge in [0.1, 0.15) is 25.2 Å². The van der Waals surface area contributed by atoms with Crippen molar-refractivity contribution in [1.82, 2.24) is 0 Å². The van der Waals surface area contributed by atoms with Crippen LogP contribution in [-0.4, -0.2) is 155 Å². The third kappa shape index (κ3) is 13.9. The van der Waals surface area contributed by atoms with E-state index in [0.717, 1.165) is 33.4 Å². The molecule has 2 aliphatic heterocycles. The molecular formula is C57H76N2O16+2. The Kier molecular flexibility index (Phi) is 19.9. The molecular weight excluding hydrogens is 969 g/mol. The molecule has 0 N–H and O–H groups in total. The minimum atomic E-state index is -1.19. The highest BCUT2D eigenvalue weighted by Crippen LogP contribution is 2.45. The van der Waals surface area contributed by atoms with Gasteiger partial charge in [0.25, 0.3) is 0 Å². The molecule has 0 bridgehead atoms. The lowest BCUT2D eigenvalue weighted by Crippen LogP contribution is -2.57. The first-order valence-electron chi connectivity index (χ1n) is 25.2. The van der Waals surface area contributed by atoms with E-state index in [9.17, 15) is 19.2 Å². The van der Waals surface area contributed by atoms with Gasteiger partial charge in [-0.3, -0.25) is 9.59 Å². The maximum atomic E-state index is 13.9. The number of fused-ring (bicyclic) bond motifs is 2. The molecule has 18 nitrogen and oxygen atoms in total. The van der Waals surface area contributed by atoms with Crippen molar-refractivity contribution in [2.75, 3.05) is 110 Å². The number of methoxy groups -OCH3 is 8. The van der Waals surface area contributed by atoms with E-state index in [1.807, 2.05) is 60.7 Å². The third-order valence-corrected chi connectivity index (χ3v) is 14.6. The molecule has 0 spiro atoms. The van der Waals surface area contributed by atoms with E-state index < -0.39 is 36.1 Å². The molecule has 0 fully saturated rings. The quantitative estimate of drug-likeness (QED) is 0.0268. The van der Waals surface area contributed by atoms with Gasteiger partial charge < -0.3 is 65.8 Å². The number of quaternary nitrogens is 2. The van der Waals surface area contributed by atoms with E-state index in [0.29, 0.717) is 113 Å². The summed E-state index contributed by atoms with van der Waals surface area (Å²) in [5.41, 5.74) is 6.19. The van der Waals surface area contributed by atoms with Gasteiger partial charge in [0, 0.05) is 50.7 Å². The number of hydrogen-bond donors (Lipinski definition) is 0. The lowest BCUT2D eigenvalue weighted by atomic mass is 9.86. The standard InChI is InChI=1S/C57H76N2O16/c1-36(60)74-54(34-58(3)22-20-40-30-50(68-9)52(70-11)32-42(40)44(58)26-38-16-18-46(64-5)48(28-38)66-7)56(62)72-24-14-13-15-25-73-57(63)55(75-37(2)61)35-59(4)23-21-41-31-51(69-10)53(71-12)33-43(41)45(59)27-39-17-19-47(65-6)49(29-39)67-8/h16-19,28-33,44-45,54-55H,13-15,20-27,34-35H2,1-12H3/q+2. The summed E-state index contributed by atoms with van der Waals surface area (Å²) in [5.74, 6) is 2.30. The highest BCUT2D eigenvalue weighted by molar-refractivity contribution is 5.79. The van der Waals surface area contributed by atoms with Crippen LogP contribution < -0.4 is 37.9 Å². The number of ether oxygens (including phenoxy) is 12. The maximum absolute atomic E-state index is 13.9. The molecule has 0 aliphatic carbocycles. The second kappa shape index (κ2) is 26.0. The van der Waals surface area contributed by atoms with Crippen LogP contribution in [0.15, 0.2) is 60.7 Å². The van der Waals surface area contributed by atoms with Gasteiger partial charge in [-0.1, -0.05) is 12.1 Å². The summed E-state index contributed by atoms with van der Waals surface area (Å²) in [5, 5.41) is 0. The van der Waals surface area contributed by atoms with E-state index in [-0.39, 0.29) is 38.4 Å². The van der Waals surface area contributed by atoms with Gasteiger partial charge in [-0.2, -0.15) is 0 Å². The van der Waals surface area contributed by atoms with Gasteiger partial charge in [-0.05, 0) is 90.0 Å². The van der Waals surface area contributed by atoms with Crippen LogP contribution in [-0.2, 0) is 63.8 Å². The van der Waals surface area contributed by atoms with Crippen molar-refractivity contribution < 1.29 is 85.0 Å². The van der Waals surface area contributed by atoms with Crippen molar-refractivity contribution >= 4 is 23.9 Å². The Hall–Kier alpha value is -6.92. The molecule has 0 aromatic heterocycles. The number of carbonyl (C=O) groups excluding carboxylic acids is 4. The molecule has 75 heavy (non-hydrogen) atoms. The summed E-state index contributed by atoms with van der Waals surface area (Å²) in [6.45, 7) is 4.20. The fourth-order valence-corrected chi connectivity index (χ4v) is 10.6. The molecule has 0 saturated heterocycles. The van der Waals surface area contributed by atoms with Crippen LogP contribution >= 0.6 is 0 Å². The largest absolute Gasteiger partial charge is 0.493 e. The van der Waals surface area contributed by atoms with Crippen molar-refractivity contribution in [3.8, 4) is 46.0 Å². The molecule has 0 saturated carbocycles. The lowest BCUT2D eigenvalue weighted by Gasteiger charge is -2.46. The van der Waals surface area contributed by atoms with Gasteiger partial charge in [-0.25, -0.2) is 9.59 Å². The predicted octanol–water partition coefficient (Wildman–Crippen LogP) is 7.15. The third-order valence-electron chi connectivity index (χ3n) is 14.6. The number of likely N-dealkylation sites (N-methyl/N-ethyl adjacent to an activating group) is 2. The van der Waals surface area contributed by atoms with Crippen molar-refractivity contribution in [3.05, 3.63) is 94.0 Å². The summed E-state index contributed by atoms with van der Waals surface area (Å²) in [6.07, 6.45) is 1.50.